The summed E-state index contributed by atoms with van der Waals surface area (Å²) in [6.45, 7) is 1.89. The predicted molar refractivity (Wildman–Crippen MR) is 97.0 cm³/mol. The van der Waals surface area contributed by atoms with Crippen molar-refractivity contribution in [2.75, 3.05) is 0 Å². The molecule has 0 aliphatic carbocycles. The van der Waals surface area contributed by atoms with Gasteiger partial charge >= 0.3 is 6.18 Å². The minimum atomic E-state index is -4.41. The Morgan fingerprint density at radius 2 is 1.46 bits per heavy atom. The maximum atomic E-state index is 14.6. The number of hydrogen-bond acceptors (Lipinski definition) is 0. The summed E-state index contributed by atoms with van der Waals surface area (Å²) in [4.78, 5) is 0. The van der Waals surface area contributed by atoms with Gasteiger partial charge in [-0.1, -0.05) is 54.6 Å². The third-order valence-corrected chi connectivity index (χ3v) is 4.13. The van der Waals surface area contributed by atoms with E-state index in [0.717, 1.165) is 23.3 Å². The molecule has 26 heavy (non-hydrogen) atoms. The molecule has 0 N–H and O–H groups in total. The van der Waals surface area contributed by atoms with E-state index in [1.165, 1.54) is 12.1 Å². The first-order chi connectivity index (χ1) is 12.3. The average Bonchev–Trinajstić information content (AvgIpc) is 2.63. The van der Waals surface area contributed by atoms with Crippen LogP contribution in [0.4, 0.5) is 17.6 Å². The van der Waals surface area contributed by atoms with Gasteiger partial charge in [0.1, 0.15) is 5.83 Å². The van der Waals surface area contributed by atoms with E-state index in [1.807, 2.05) is 31.2 Å². The standard InChI is InChI=1S/C22H16F4/c1-15-6-2-3-7-16(15)14-21(23)19-10-4-8-17(12-19)18-9-5-11-20(13-18)22(24,25)26/h2-14H,1H3. The molecule has 3 aromatic rings. The lowest BCUT2D eigenvalue weighted by Gasteiger charge is -2.10. The molecule has 0 saturated carbocycles. The smallest absolute Gasteiger partial charge is 0.206 e. The monoisotopic (exact) mass is 356 g/mol. The van der Waals surface area contributed by atoms with Crippen molar-refractivity contribution in [3.05, 3.63) is 95.1 Å². The Morgan fingerprint density at radius 3 is 2.15 bits per heavy atom. The van der Waals surface area contributed by atoms with Crippen molar-refractivity contribution in [3.8, 4) is 11.1 Å². The number of rotatable bonds is 3. The lowest BCUT2D eigenvalue weighted by Crippen LogP contribution is -2.04. The summed E-state index contributed by atoms with van der Waals surface area (Å²) in [5.74, 6) is -0.437. The second-order valence-corrected chi connectivity index (χ2v) is 6.01. The number of hydrogen-bond donors (Lipinski definition) is 0. The van der Waals surface area contributed by atoms with Crippen molar-refractivity contribution in [2.24, 2.45) is 0 Å². The first kappa shape index (κ1) is 17.9. The van der Waals surface area contributed by atoms with E-state index in [0.29, 0.717) is 16.7 Å². The van der Waals surface area contributed by atoms with Crippen LogP contribution < -0.4 is 0 Å². The molecule has 0 unspecified atom stereocenters. The van der Waals surface area contributed by atoms with Crippen LogP contribution in [0.5, 0.6) is 0 Å². The molecule has 0 spiro atoms. The lowest BCUT2D eigenvalue weighted by atomic mass is 9.99. The van der Waals surface area contributed by atoms with Crippen molar-refractivity contribution < 1.29 is 17.6 Å². The van der Waals surface area contributed by atoms with Gasteiger partial charge in [-0.15, -0.1) is 0 Å². The van der Waals surface area contributed by atoms with Crippen LogP contribution in [0.1, 0.15) is 22.3 Å². The van der Waals surface area contributed by atoms with E-state index in [-0.39, 0.29) is 0 Å². The van der Waals surface area contributed by atoms with Crippen LogP contribution in [0, 0.1) is 6.92 Å². The Balaban J connectivity index is 1.98. The quantitative estimate of drug-likeness (QED) is 0.345. The Bertz CT molecular complexity index is 952. The Hall–Kier alpha value is -2.88. The first-order valence-corrected chi connectivity index (χ1v) is 8.05. The van der Waals surface area contributed by atoms with E-state index in [2.05, 4.69) is 0 Å². The number of aryl methyl sites for hydroxylation is 1. The van der Waals surface area contributed by atoms with Crippen LogP contribution in [0.25, 0.3) is 23.0 Å². The van der Waals surface area contributed by atoms with Crippen LogP contribution in [-0.4, -0.2) is 0 Å². The molecule has 4 heteroatoms. The van der Waals surface area contributed by atoms with Crippen LogP contribution in [0.15, 0.2) is 72.8 Å². The summed E-state index contributed by atoms with van der Waals surface area (Å²) < 4.78 is 53.4. The van der Waals surface area contributed by atoms with Crippen molar-refractivity contribution in [1.29, 1.82) is 0 Å². The van der Waals surface area contributed by atoms with Crippen molar-refractivity contribution >= 4 is 11.9 Å². The summed E-state index contributed by atoms with van der Waals surface area (Å²) in [6.07, 6.45) is -2.98. The molecule has 0 radical (unpaired) electrons. The summed E-state index contributed by atoms with van der Waals surface area (Å²) in [5.41, 5.74) is 2.22. The summed E-state index contributed by atoms with van der Waals surface area (Å²) in [7, 11) is 0. The van der Waals surface area contributed by atoms with Crippen LogP contribution in [-0.2, 0) is 6.18 Å². The van der Waals surface area contributed by atoms with E-state index >= 15 is 0 Å². The fourth-order valence-corrected chi connectivity index (χ4v) is 2.69. The predicted octanol–water partition coefficient (Wildman–Crippen LogP) is 7.15. The van der Waals surface area contributed by atoms with E-state index < -0.39 is 17.6 Å². The SMILES string of the molecule is Cc1ccccc1C=C(F)c1cccc(-c2cccc(C(F)(F)F)c2)c1. The second kappa shape index (κ2) is 7.16. The third-order valence-electron chi connectivity index (χ3n) is 4.13. The molecular weight excluding hydrogens is 340 g/mol. The molecule has 0 aliphatic heterocycles. The van der Waals surface area contributed by atoms with Gasteiger partial charge in [0.15, 0.2) is 0 Å². The molecule has 0 aliphatic rings. The first-order valence-electron chi connectivity index (χ1n) is 8.05. The normalized spacial score (nSPS) is 12.3. The highest BCUT2D eigenvalue weighted by molar-refractivity contribution is 5.80. The van der Waals surface area contributed by atoms with Crippen molar-refractivity contribution in [1.82, 2.24) is 0 Å². The molecular formula is C22H16F4. The highest BCUT2D eigenvalue weighted by atomic mass is 19.4. The summed E-state index contributed by atoms with van der Waals surface area (Å²) in [6, 6.07) is 18.9. The summed E-state index contributed by atoms with van der Waals surface area (Å²) in [5, 5.41) is 0. The van der Waals surface area contributed by atoms with Gasteiger partial charge in [-0.3, -0.25) is 0 Å². The number of benzene rings is 3. The molecule has 3 aromatic carbocycles. The van der Waals surface area contributed by atoms with Gasteiger partial charge in [-0.05, 0) is 53.5 Å². The maximum absolute atomic E-state index is 14.6. The molecule has 0 fully saturated rings. The number of alkyl halides is 3. The molecule has 0 nitrogen and oxygen atoms in total. The van der Waals surface area contributed by atoms with Gasteiger partial charge in [0.05, 0.1) is 5.56 Å². The van der Waals surface area contributed by atoms with E-state index in [4.69, 9.17) is 0 Å². The zero-order valence-electron chi connectivity index (χ0n) is 14.0. The lowest BCUT2D eigenvalue weighted by molar-refractivity contribution is -0.137. The second-order valence-electron chi connectivity index (χ2n) is 6.01. The zero-order valence-corrected chi connectivity index (χ0v) is 14.0. The molecule has 3 rings (SSSR count). The molecule has 0 saturated heterocycles. The van der Waals surface area contributed by atoms with Crippen LogP contribution >= 0.6 is 0 Å². The fraction of sp³-hybridized carbons (Fsp3) is 0.0909. The Kier molecular flexibility index (Phi) is 4.94. The fourth-order valence-electron chi connectivity index (χ4n) is 2.69. The van der Waals surface area contributed by atoms with Crippen LogP contribution in [0.3, 0.4) is 0 Å². The Morgan fingerprint density at radius 1 is 0.808 bits per heavy atom. The van der Waals surface area contributed by atoms with Gasteiger partial charge in [0.25, 0.3) is 0 Å². The third kappa shape index (κ3) is 4.02. The Labute approximate surface area is 149 Å². The van der Waals surface area contributed by atoms with Crippen molar-refractivity contribution in [2.45, 2.75) is 13.1 Å². The molecule has 0 amide bonds. The highest BCUT2D eigenvalue weighted by Crippen LogP contribution is 2.33. The molecule has 0 heterocycles. The van der Waals surface area contributed by atoms with E-state index in [9.17, 15) is 17.6 Å². The highest BCUT2D eigenvalue weighted by Gasteiger charge is 2.30. The molecule has 0 bridgehead atoms. The van der Waals surface area contributed by atoms with E-state index in [1.54, 1.807) is 30.3 Å². The van der Waals surface area contributed by atoms with Crippen molar-refractivity contribution in [3.63, 3.8) is 0 Å². The van der Waals surface area contributed by atoms with Crippen LogP contribution in [0.2, 0.25) is 0 Å². The molecule has 0 atom stereocenters. The van der Waals surface area contributed by atoms with Gasteiger partial charge in [-0.25, -0.2) is 4.39 Å². The molecule has 132 valence electrons. The minimum absolute atomic E-state index is 0.322. The van der Waals surface area contributed by atoms with Gasteiger partial charge < -0.3 is 0 Å². The van der Waals surface area contributed by atoms with Gasteiger partial charge in [0, 0.05) is 5.56 Å². The largest absolute Gasteiger partial charge is 0.416 e. The van der Waals surface area contributed by atoms with Gasteiger partial charge in [0.2, 0.25) is 0 Å². The minimum Gasteiger partial charge on any atom is -0.206 e. The average molecular weight is 356 g/mol. The maximum Gasteiger partial charge on any atom is 0.416 e. The summed E-state index contributed by atoms with van der Waals surface area (Å²) >= 11 is 0. The van der Waals surface area contributed by atoms with Gasteiger partial charge in [-0.2, -0.15) is 13.2 Å². The molecule has 0 aromatic heterocycles. The zero-order chi connectivity index (χ0) is 18.7. The topological polar surface area (TPSA) is 0 Å². The number of halogens is 4.